The molecule has 14 heavy (non-hydrogen) atoms. The smallest absolute Gasteiger partial charge is 0.0110 e. The summed E-state index contributed by atoms with van der Waals surface area (Å²) in [6.07, 6.45) is 8.01. The summed E-state index contributed by atoms with van der Waals surface area (Å²) in [4.78, 5) is 2.70. The third-order valence-corrected chi connectivity index (χ3v) is 4.78. The van der Waals surface area contributed by atoms with Gasteiger partial charge in [-0.1, -0.05) is 0 Å². The fourth-order valence-corrected chi connectivity index (χ4v) is 3.44. The van der Waals surface area contributed by atoms with Crippen molar-refractivity contribution in [2.24, 2.45) is 0 Å². The number of nitrogens with one attached hydrogen (secondary N) is 1. The van der Waals surface area contributed by atoms with Crippen LogP contribution in [-0.4, -0.2) is 48.6 Å². The molecule has 1 aliphatic heterocycles. The minimum absolute atomic E-state index is 0.903. The molecule has 1 N–H and O–H groups in total. The Morgan fingerprint density at radius 3 is 2.29 bits per heavy atom. The van der Waals surface area contributed by atoms with E-state index >= 15 is 0 Å². The Labute approximate surface area is 91.8 Å². The van der Waals surface area contributed by atoms with Crippen molar-refractivity contribution in [1.82, 2.24) is 10.2 Å². The Bertz CT molecular complexity index is 161. The van der Waals surface area contributed by atoms with Crippen molar-refractivity contribution < 1.29 is 0 Å². The van der Waals surface area contributed by atoms with Gasteiger partial charge in [-0.2, -0.15) is 11.8 Å². The fourth-order valence-electron chi connectivity index (χ4n) is 2.69. The predicted molar refractivity (Wildman–Crippen MR) is 64.0 cm³/mol. The van der Waals surface area contributed by atoms with Crippen LogP contribution in [0.15, 0.2) is 0 Å². The maximum atomic E-state index is 3.43. The molecule has 0 unspecified atom stereocenters. The van der Waals surface area contributed by atoms with Crippen molar-refractivity contribution >= 4 is 11.8 Å². The number of hydrogen-bond donors (Lipinski definition) is 1. The van der Waals surface area contributed by atoms with Crippen LogP contribution < -0.4 is 5.32 Å². The molecule has 2 nitrogen and oxygen atoms in total. The maximum absolute atomic E-state index is 3.43. The van der Waals surface area contributed by atoms with Crippen LogP contribution in [0.4, 0.5) is 0 Å². The molecular formula is C11H22N2S. The third kappa shape index (κ3) is 2.65. The molecule has 1 aliphatic carbocycles. The molecule has 0 aromatic rings. The SMILES string of the molecule is CSC1CCC(N2CCNCC2)CC1. The quantitative estimate of drug-likeness (QED) is 0.751. The Balaban J connectivity index is 1.76. The molecule has 0 atom stereocenters. The van der Waals surface area contributed by atoms with Crippen LogP contribution in [0.1, 0.15) is 25.7 Å². The zero-order valence-electron chi connectivity index (χ0n) is 9.17. The molecule has 2 fully saturated rings. The summed E-state index contributed by atoms with van der Waals surface area (Å²) in [5.74, 6) is 0. The summed E-state index contributed by atoms with van der Waals surface area (Å²) in [5, 5.41) is 4.38. The summed E-state index contributed by atoms with van der Waals surface area (Å²) in [5.41, 5.74) is 0. The maximum Gasteiger partial charge on any atom is 0.0110 e. The van der Waals surface area contributed by atoms with Crippen molar-refractivity contribution in [3.63, 3.8) is 0 Å². The van der Waals surface area contributed by atoms with Crippen LogP contribution in [0.3, 0.4) is 0 Å². The first-order valence-electron chi connectivity index (χ1n) is 5.87. The summed E-state index contributed by atoms with van der Waals surface area (Å²) < 4.78 is 0. The molecule has 82 valence electrons. The lowest BCUT2D eigenvalue weighted by Crippen LogP contribution is -2.49. The zero-order valence-corrected chi connectivity index (χ0v) is 9.98. The molecule has 0 bridgehead atoms. The summed E-state index contributed by atoms with van der Waals surface area (Å²) in [7, 11) is 0. The first kappa shape index (κ1) is 10.8. The van der Waals surface area contributed by atoms with Gasteiger partial charge in [-0.25, -0.2) is 0 Å². The Kier molecular flexibility index (Phi) is 4.14. The van der Waals surface area contributed by atoms with Crippen molar-refractivity contribution in [2.45, 2.75) is 37.0 Å². The lowest BCUT2D eigenvalue weighted by Gasteiger charge is -2.38. The molecule has 0 radical (unpaired) electrons. The van der Waals surface area contributed by atoms with Gasteiger partial charge >= 0.3 is 0 Å². The van der Waals surface area contributed by atoms with Gasteiger partial charge in [0.15, 0.2) is 0 Å². The van der Waals surface area contributed by atoms with E-state index in [2.05, 4.69) is 28.2 Å². The Morgan fingerprint density at radius 1 is 1.07 bits per heavy atom. The molecule has 1 saturated carbocycles. The molecule has 2 aliphatic rings. The topological polar surface area (TPSA) is 15.3 Å². The van der Waals surface area contributed by atoms with Gasteiger partial charge in [0.2, 0.25) is 0 Å². The van der Waals surface area contributed by atoms with Gasteiger partial charge in [-0.3, -0.25) is 4.90 Å². The highest BCUT2D eigenvalue weighted by Gasteiger charge is 2.25. The minimum Gasteiger partial charge on any atom is -0.314 e. The van der Waals surface area contributed by atoms with Gasteiger partial charge in [0.1, 0.15) is 0 Å². The van der Waals surface area contributed by atoms with E-state index in [1.54, 1.807) is 0 Å². The summed E-state index contributed by atoms with van der Waals surface area (Å²) in [6, 6.07) is 0.903. The molecular weight excluding hydrogens is 192 g/mol. The highest BCUT2D eigenvalue weighted by Crippen LogP contribution is 2.29. The Morgan fingerprint density at radius 2 is 1.71 bits per heavy atom. The average Bonchev–Trinajstić information content (AvgIpc) is 2.30. The zero-order chi connectivity index (χ0) is 9.80. The lowest BCUT2D eigenvalue weighted by atomic mass is 9.93. The van der Waals surface area contributed by atoms with Crippen LogP contribution in [-0.2, 0) is 0 Å². The van der Waals surface area contributed by atoms with Gasteiger partial charge in [-0.05, 0) is 31.9 Å². The van der Waals surface area contributed by atoms with Crippen molar-refractivity contribution in [1.29, 1.82) is 0 Å². The molecule has 0 spiro atoms. The van der Waals surface area contributed by atoms with Crippen molar-refractivity contribution in [3.8, 4) is 0 Å². The number of hydrogen-bond acceptors (Lipinski definition) is 3. The second-order valence-corrected chi connectivity index (χ2v) is 5.59. The van der Waals surface area contributed by atoms with Crippen LogP contribution in [0.25, 0.3) is 0 Å². The van der Waals surface area contributed by atoms with E-state index < -0.39 is 0 Å². The van der Waals surface area contributed by atoms with Gasteiger partial charge in [-0.15, -0.1) is 0 Å². The van der Waals surface area contributed by atoms with Crippen LogP contribution in [0, 0.1) is 0 Å². The molecule has 0 aromatic carbocycles. The molecule has 1 heterocycles. The molecule has 1 saturated heterocycles. The largest absolute Gasteiger partial charge is 0.314 e. The highest BCUT2D eigenvalue weighted by molar-refractivity contribution is 7.99. The molecule has 0 amide bonds. The number of thioether (sulfide) groups is 1. The second-order valence-electron chi connectivity index (χ2n) is 4.45. The van der Waals surface area contributed by atoms with E-state index in [1.807, 2.05) is 0 Å². The fraction of sp³-hybridized carbons (Fsp3) is 1.00. The van der Waals surface area contributed by atoms with E-state index in [0.29, 0.717) is 0 Å². The molecule has 0 aromatic heterocycles. The number of rotatable bonds is 2. The summed E-state index contributed by atoms with van der Waals surface area (Å²) in [6.45, 7) is 4.94. The van der Waals surface area contributed by atoms with Gasteiger partial charge in [0.25, 0.3) is 0 Å². The highest BCUT2D eigenvalue weighted by atomic mass is 32.2. The number of nitrogens with zero attached hydrogens (tertiary/aromatic N) is 1. The summed E-state index contributed by atoms with van der Waals surface area (Å²) >= 11 is 2.06. The second kappa shape index (κ2) is 5.38. The first-order valence-corrected chi connectivity index (χ1v) is 7.16. The van der Waals surface area contributed by atoms with E-state index in [1.165, 1.54) is 51.9 Å². The van der Waals surface area contributed by atoms with E-state index in [4.69, 9.17) is 0 Å². The molecule has 2 rings (SSSR count). The van der Waals surface area contributed by atoms with Crippen LogP contribution >= 0.6 is 11.8 Å². The lowest BCUT2D eigenvalue weighted by molar-refractivity contribution is 0.140. The average molecular weight is 214 g/mol. The number of piperazine rings is 1. The van der Waals surface area contributed by atoms with E-state index in [9.17, 15) is 0 Å². The van der Waals surface area contributed by atoms with Gasteiger partial charge in [0.05, 0.1) is 0 Å². The van der Waals surface area contributed by atoms with Crippen molar-refractivity contribution in [2.75, 3.05) is 32.4 Å². The van der Waals surface area contributed by atoms with Crippen molar-refractivity contribution in [3.05, 3.63) is 0 Å². The van der Waals surface area contributed by atoms with Crippen LogP contribution in [0.5, 0.6) is 0 Å². The normalized spacial score (nSPS) is 35.8. The monoisotopic (exact) mass is 214 g/mol. The standard InChI is InChI=1S/C11H22N2S/c1-14-11-4-2-10(3-5-11)13-8-6-12-7-9-13/h10-12H,2-9H2,1H3. The first-order chi connectivity index (χ1) is 6.90. The third-order valence-electron chi connectivity index (χ3n) is 3.65. The molecule has 3 heteroatoms. The van der Waals surface area contributed by atoms with Crippen LogP contribution in [0.2, 0.25) is 0 Å². The van der Waals surface area contributed by atoms with E-state index in [0.717, 1.165) is 11.3 Å². The van der Waals surface area contributed by atoms with Gasteiger partial charge in [0, 0.05) is 37.5 Å². The minimum atomic E-state index is 0.903. The Hall–Kier alpha value is 0.270. The van der Waals surface area contributed by atoms with Gasteiger partial charge < -0.3 is 5.32 Å². The van der Waals surface area contributed by atoms with E-state index in [-0.39, 0.29) is 0 Å². The predicted octanol–water partition coefficient (Wildman–Crippen LogP) is 1.57.